The molecule has 2 heteroatoms. The SMILES string of the molecule is Cc1ccc(C#N)cc1.Cc1ccc(C)cc1.Cc1ccc(CN)cc1. The maximum absolute atomic E-state index is 8.38. The molecule has 0 spiro atoms. The highest BCUT2D eigenvalue weighted by Crippen LogP contribution is 2.01. The Labute approximate surface area is 157 Å². The molecule has 0 radical (unpaired) electrons. The van der Waals surface area contributed by atoms with Gasteiger partial charge in [-0.3, -0.25) is 0 Å². The lowest BCUT2D eigenvalue weighted by Crippen LogP contribution is -1.94. The van der Waals surface area contributed by atoms with Crippen LogP contribution in [0.4, 0.5) is 0 Å². The van der Waals surface area contributed by atoms with Crippen LogP contribution < -0.4 is 5.73 Å². The number of nitrogens with two attached hydrogens (primary N) is 1. The lowest BCUT2D eigenvalue weighted by molar-refractivity contribution is 1.07. The Morgan fingerprint density at radius 2 is 0.923 bits per heavy atom. The van der Waals surface area contributed by atoms with Gasteiger partial charge >= 0.3 is 0 Å². The van der Waals surface area contributed by atoms with Crippen LogP contribution in [-0.2, 0) is 6.54 Å². The molecule has 26 heavy (non-hydrogen) atoms. The van der Waals surface area contributed by atoms with Crippen LogP contribution in [0.5, 0.6) is 0 Å². The van der Waals surface area contributed by atoms with Crippen LogP contribution in [0.3, 0.4) is 0 Å². The quantitative estimate of drug-likeness (QED) is 0.622. The van der Waals surface area contributed by atoms with E-state index in [0.717, 1.165) is 5.56 Å². The average molecular weight is 345 g/mol. The summed E-state index contributed by atoms with van der Waals surface area (Å²) in [5.74, 6) is 0. The topological polar surface area (TPSA) is 49.8 Å². The number of hydrogen-bond acceptors (Lipinski definition) is 2. The van der Waals surface area contributed by atoms with Gasteiger partial charge in [-0.25, -0.2) is 0 Å². The molecular weight excluding hydrogens is 316 g/mol. The third-order valence-electron chi connectivity index (χ3n) is 3.76. The minimum atomic E-state index is 0.639. The van der Waals surface area contributed by atoms with Crippen LogP contribution in [-0.4, -0.2) is 0 Å². The Morgan fingerprint density at radius 1 is 0.615 bits per heavy atom. The van der Waals surface area contributed by atoms with Gasteiger partial charge in [0.25, 0.3) is 0 Å². The fraction of sp³-hybridized carbons (Fsp3) is 0.208. The Morgan fingerprint density at radius 3 is 1.23 bits per heavy atom. The van der Waals surface area contributed by atoms with E-state index in [0.29, 0.717) is 6.54 Å². The van der Waals surface area contributed by atoms with Crippen molar-refractivity contribution in [2.75, 3.05) is 0 Å². The zero-order chi connectivity index (χ0) is 19.4. The van der Waals surface area contributed by atoms with Gasteiger partial charge in [0.1, 0.15) is 0 Å². The molecule has 0 bridgehead atoms. The van der Waals surface area contributed by atoms with Crippen molar-refractivity contribution in [3.8, 4) is 6.07 Å². The lowest BCUT2D eigenvalue weighted by atomic mass is 10.2. The van der Waals surface area contributed by atoms with Crippen LogP contribution in [0.25, 0.3) is 0 Å². The Balaban J connectivity index is 0.000000195. The van der Waals surface area contributed by atoms with E-state index in [1.54, 1.807) is 0 Å². The van der Waals surface area contributed by atoms with E-state index >= 15 is 0 Å². The van der Waals surface area contributed by atoms with Gasteiger partial charge in [-0.15, -0.1) is 0 Å². The highest BCUT2D eigenvalue weighted by atomic mass is 14.5. The second-order valence-corrected chi connectivity index (χ2v) is 6.32. The van der Waals surface area contributed by atoms with Crippen molar-refractivity contribution < 1.29 is 0 Å². The van der Waals surface area contributed by atoms with E-state index < -0.39 is 0 Å². The van der Waals surface area contributed by atoms with Crippen molar-refractivity contribution in [3.05, 3.63) is 106 Å². The number of nitrogens with zero attached hydrogens (tertiary/aromatic N) is 1. The summed E-state index contributed by atoms with van der Waals surface area (Å²) in [7, 11) is 0. The summed E-state index contributed by atoms with van der Waals surface area (Å²) in [6.45, 7) is 8.90. The number of hydrogen-bond donors (Lipinski definition) is 1. The van der Waals surface area contributed by atoms with Gasteiger partial charge in [0.05, 0.1) is 11.6 Å². The maximum Gasteiger partial charge on any atom is 0.0991 e. The first-order valence-electron chi connectivity index (χ1n) is 8.70. The van der Waals surface area contributed by atoms with E-state index in [9.17, 15) is 0 Å². The zero-order valence-electron chi connectivity index (χ0n) is 16.2. The van der Waals surface area contributed by atoms with Gasteiger partial charge < -0.3 is 5.73 Å². The number of aryl methyl sites for hydroxylation is 4. The second-order valence-electron chi connectivity index (χ2n) is 6.32. The molecule has 0 aromatic heterocycles. The summed E-state index contributed by atoms with van der Waals surface area (Å²) in [5, 5.41) is 8.38. The molecule has 2 N–H and O–H groups in total. The molecule has 0 fully saturated rings. The number of rotatable bonds is 1. The normalized spacial score (nSPS) is 9.08. The molecule has 0 amide bonds. The van der Waals surface area contributed by atoms with Crippen LogP contribution in [0.1, 0.15) is 33.4 Å². The molecule has 3 rings (SSSR count). The van der Waals surface area contributed by atoms with Crippen molar-refractivity contribution in [3.63, 3.8) is 0 Å². The summed E-state index contributed by atoms with van der Waals surface area (Å²) in [6.07, 6.45) is 0. The van der Waals surface area contributed by atoms with Gasteiger partial charge in [0.15, 0.2) is 0 Å². The summed E-state index contributed by atoms with van der Waals surface area (Å²) in [4.78, 5) is 0. The molecule has 3 aromatic carbocycles. The summed E-state index contributed by atoms with van der Waals surface area (Å²) < 4.78 is 0. The molecular formula is C24H28N2. The van der Waals surface area contributed by atoms with Gasteiger partial charge in [0, 0.05) is 6.54 Å². The molecule has 0 saturated carbocycles. The molecule has 0 aliphatic heterocycles. The highest BCUT2D eigenvalue weighted by Gasteiger charge is 1.85. The zero-order valence-corrected chi connectivity index (χ0v) is 16.2. The third-order valence-corrected chi connectivity index (χ3v) is 3.76. The van der Waals surface area contributed by atoms with Crippen molar-refractivity contribution in [2.45, 2.75) is 34.2 Å². The molecule has 3 aromatic rings. The smallest absolute Gasteiger partial charge is 0.0991 e. The molecule has 0 aliphatic rings. The monoisotopic (exact) mass is 344 g/mol. The van der Waals surface area contributed by atoms with Crippen molar-refractivity contribution >= 4 is 0 Å². The third kappa shape index (κ3) is 8.82. The van der Waals surface area contributed by atoms with Gasteiger partial charge in [-0.1, -0.05) is 82.9 Å². The second kappa shape index (κ2) is 11.6. The lowest BCUT2D eigenvalue weighted by Gasteiger charge is -1.94. The van der Waals surface area contributed by atoms with Crippen LogP contribution in [0.2, 0.25) is 0 Å². The van der Waals surface area contributed by atoms with E-state index in [-0.39, 0.29) is 0 Å². The van der Waals surface area contributed by atoms with E-state index in [1.807, 2.05) is 31.2 Å². The first-order chi connectivity index (χ1) is 12.4. The maximum atomic E-state index is 8.38. The Hall–Kier alpha value is -2.89. The summed E-state index contributed by atoms with van der Waals surface area (Å²) >= 11 is 0. The van der Waals surface area contributed by atoms with Gasteiger partial charge in [-0.05, 0) is 45.4 Å². The largest absolute Gasteiger partial charge is 0.326 e. The molecule has 134 valence electrons. The fourth-order valence-electron chi connectivity index (χ4n) is 1.99. The van der Waals surface area contributed by atoms with Crippen LogP contribution in [0, 0.1) is 39.0 Å². The number of benzene rings is 3. The first kappa shape index (κ1) is 21.2. The molecule has 0 heterocycles. The minimum Gasteiger partial charge on any atom is -0.326 e. The molecule has 0 unspecified atom stereocenters. The molecule has 0 aliphatic carbocycles. The van der Waals surface area contributed by atoms with Crippen LogP contribution >= 0.6 is 0 Å². The van der Waals surface area contributed by atoms with E-state index in [1.165, 1.54) is 27.8 Å². The predicted molar refractivity (Wildman–Crippen MR) is 111 cm³/mol. The standard InChI is InChI=1S/C8H11N.C8H7N.C8H10/c2*1-7-2-4-8(6-9)5-3-7;1-7-3-5-8(2)6-4-7/h2-5H,6,9H2,1H3;2-5H,1H3;3-6H,1-2H3. The number of nitriles is 1. The highest BCUT2D eigenvalue weighted by molar-refractivity contribution is 5.30. The first-order valence-corrected chi connectivity index (χ1v) is 8.70. The van der Waals surface area contributed by atoms with Crippen molar-refractivity contribution in [1.29, 1.82) is 5.26 Å². The van der Waals surface area contributed by atoms with Gasteiger partial charge in [0.2, 0.25) is 0 Å². The average Bonchev–Trinajstić information content (AvgIpc) is 2.66. The predicted octanol–water partition coefficient (Wildman–Crippen LogP) is 5.62. The Bertz CT molecular complexity index is 772. The summed E-state index contributed by atoms with van der Waals surface area (Å²) in [5.41, 5.74) is 12.4. The molecule has 2 nitrogen and oxygen atoms in total. The Kier molecular flexibility index (Phi) is 9.46. The molecule has 0 saturated heterocycles. The van der Waals surface area contributed by atoms with Crippen molar-refractivity contribution in [2.24, 2.45) is 5.73 Å². The fourth-order valence-corrected chi connectivity index (χ4v) is 1.99. The van der Waals surface area contributed by atoms with Crippen molar-refractivity contribution in [1.82, 2.24) is 0 Å². The summed E-state index contributed by atoms with van der Waals surface area (Å²) in [6, 6.07) is 26.3. The minimum absolute atomic E-state index is 0.639. The molecule has 0 atom stereocenters. The van der Waals surface area contributed by atoms with Gasteiger partial charge in [-0.2, -0.15) is 5.26 Å². The van der Waals surface area contributed by atoms with Crippen LogP contribution in [0.15, 0.2) is 72.8 Å². The van der Waals surface area contributed by atoms with E-state index in [4.69, 9.17) is 11.0 Å². The van der Waals surface area contributed by atoms with E-state index in [2.05, 4.69) is 75.4 Å².